The number of halogens is 3. The monoisotopic (exact) mass is 287 g/mol. The van der Waals surface area contributed by atoms with Gasteiger partial charge in [0, 0.05) is 25.3 Å². The molecule has 0 saturated carbocycles. The molecule has 1 aromatic carbocycles. The third-order valence-corrected chi connectivity index (χ3v) is 3.55. The summed E-state index contributed by atoms with van der Waals surface area (Å²) in [6.07, 6.45) is -3.04. The van der Waals surface area contributed by atoms with Gasteiger partial charge in [0.2, 0.25) is 0 Å². The molecule has 1 aromatic rings. The average Bonchev–Trinajstić information content (AvgIpc) is 2.86. The van der Waals surface area contributed by atoms with Crippen LogP contribution in [0.1, 0.15) is 28.8 Å². The van der Waals surface area contributed by atoms with Gasteiger partial charge >= 0.3 is 6.18 Å². The van der Waals surface area contributed by atoms with Crippen molar-refractivity contribution >= 4 is 5.91 Å². The molecule has 1 saturated heterocycles. The number of aliphatic hydroxyl groups is 1. The second-order valence-corrected chi connectivity index (χ2v) is 5.00. The normalized spacial score (nSPS) is 19.4. The van der Waals surface area contributed by atoms with Gasteiger partial charge in [-0.15, -0.1) is 0 Å². The minimum atomic E-state index is -4.44. The fourth-order valence-electron chi connectivity index (χ4n) is 2.45. The summed E-state index contributed by atoms with van der Waals surface area (Å²) in [5.41, 5.74) is -0.751. The third-order valence-electron chi connectivity index (χ3n) is 3.55. The van der Waals surface area contributed by atoms with Gasteiger partial charge in [-0.05, 0) is 37.0 Å². The number of benzene rings is 1. The number of carbonyl (C=O) groups is 1. The summed E-state index contributed by atoms with van der Waals surface area (Å²) >= 11 is 0. The summed E-state index contributed by atoms with van der Waals surface area (Å²) in [5.74, 6) is -0.147. The van der Waals surface area contributed by atoms with Gasteiger partial charge < -0.3 is 10.0 Å². The minimum absolute atomic E-state index is 0.0597. The second-order valence-electron chi connectivity index (χ2n) is 5.00. The Morgan fingerprint density at radius 3 is 2.80 bits per heavy atom. The lowest BCUT2D eigenvalue weighted by Gasteiger charge is -2.17. The van der Waals surface area contributed by atoms with Gasteiger partial charge in [-0.1, -0.05) is 6.07 Å². The van der Waals surface area contributed by atoms with E-state index in [4.69, 9.17) is 5.11 Å². The van der Waals surface area contributed by atoms with Gasteiger partial charge in [0.15, 0.2) is 0 Å². The number of amides is 1. The molecule has 0 aromatic heterocycles. The number of likely N-dealkylation sites (tertiary alicyclic amines) is 1. The van der Waals surface area contributed by atoms with Gasteiger partial charge in [0.1, 0.15) is 0 Å². The Bertz CT molecular complexity index is 488. The highest BCUT2D eigenvalue weighted by atomic mass is 19.4. The zero-order chi connectivity index (χ0) is 14.8. The van der Waals surface area contributed by atoms with Crippen LogP contribution in [0.4, 0.5) is 13.2 Å². The van der Waals surface area contributed by atoms with Crippen LogP contribution >= 0.6 is 0 Å². The molecule has 1 unspecified atom stereocenters. The first-order valence-corrected chi connectivity index (χ1v) is 6.49. The highest BCUT2D eigenvalue weighted by Crippen LogP contribution is 2.30. The Balaban J connectivity index is 2.10. The molecular weight excluding hydrogens is 271 g/mol. The maximum absolute atomic E-state index is 12.6. The number of rotatable bonds is 3. The van der Waals surface area contributed by atoms with E-state index in [0.717, 1.165) is 18.6 Å². The average molecular weight is 287 g/mol. The fraction of sp³-hybridized carbons (Fsp3) is 0.500. The number of aliphatic hydroxyl groups excluding tert-OH is 1. The van der Waals surface area contributed by atoms with Crippen LogP contribution in [-0.4, -0.2) is 35.6 Å². The molecular formula is C14H16F3NO2. The molecule has 6 heteroatoms. The first kappa shape index (κ1) is 14.8. The van der Waals surface area contributed by atoms with Crippen molar-refractivity contribution in [1.82, 2.24) is 4.90 Å². The predicted octanol–water partition coefficient (Wildman–Crippen LogP) is 2.55. The maximum atomic E-state index is 12.6. The number of nitrogens with zero attached hydrogens (tertiary/aromatic N) is 1. The summed E-state index contributed by atoms with van der Waals surface area (Å²) in [5, 5.41) is 8.87. The molecule has 2 rings (SSSR count). The molecule has 1 aliphatic heterocycles. The lowest BCUT2D eigenvalue weighted by Crippen LogP contribution is -2.29. The Morgan fingerprint density at radius 1 is 1.40 bits per heavy atom. The van der Waals surface area contributed by atoms with Crippen molar-refractivity contribution in [2.24, 2.45) is 5.92 Å². The van der Waals surface area contributed by atoms with Crippen molar-refractivity contribution in [3.8, 4) is 0 Å². The predicted molar refractivity (Wildman–Crippen MR) is 67.2 cm³/mol. The van der Waals surface area contributed by atoms with Crippen molar-refractivity contribution < 1.29 is 23.1 Å². The summed E-state index contributed by atoms with van der Waals surface area (Å²) < 4.78 is 37.9. The molecule has 1 aliphatic rings. The molecule has 1 N–H and O–H groups in total. The van der Waals surface area contributed by atoms with E-state index >= 15 is 0 Å². The third kappa shape index (κ3) is 3.30. The fourth-order valence-corrected chi connectivity index (χ4v) is 2.45. The Morgan fingerprint density at radius 2 is 2.15 bits per heavy atom. The highest BCUT2D eigenvalue weighted by molar-refractivity contribution is 5.94. The second kappa shape index (κ2) is 5.83. The quantitative estimate of drug-likeness (QED) is 0.928. The summed E-state index contributed by atoms with van der Waals surface area (Å²) in [6, 6.07) is 4.49. The number of alkyl halides is 3. The van der Waals surface area contributed by atoms with E-state index in [1.165, 1.54) is 12.1 Å². The lowest BCUT2D eigenvalue weighted by molar-refractivity contribution is -0.137. The van der Waals surface area contributed by atoms with Gasteiger partial charge in [-0.2, -0.15) is 13.2 Å². The van der Waals surface area contributed by atoms with E-state index in [0.29, 0.717) is 19.5 Å². The van der Waals surface area contributed by atoms with E-state index in [9.17, 15) is 18.0 Å². The van der Waals surface area contributed by atoms with Gasteiger partial charge in [0.05, 0.1) is 5.56 Å². The standard InChI is InChI=1S/C14H16F3NO2/c15-14(16,17)12-3-1-2-11(8-12)13(20)18-6-4-10(9-18)5-7-19/h1-3,8,10,19H,4-7,9H2. The molecule has 0 radical (unpaired) electrons. The lowest BCUT2D eigenvalue weighted by atomic mass is 10.1. The zero-order valence-corrected chi connectivity index (χ0v) is 10.9. The van der Waals surface area contributed by atoms with Crippen LogP contribution < -0.4 is 0 Å². The molecule has 3 nitrogen and oxygen atoms in total. The number of hydrogen-bond donors (Lipinski definition) is 1. The summed E-state index contributed by atoms with van der Waals surface area (Å²) in [7, 11) is 0. The van der Waals surface area contributed by atoms with E-state index in [1.54, 1.807) is 4.90 Å². The Labute approximate surface area is 115 Å². The molecule has 1 amide bonds. The van der Waals surface area contributed by atoms with E-state index in [2.05, 4.69) is 0 Å². The van der Waals surface area contributed by atoms with Crippen molar-refractivity contribution in [3.63, 3.8) is 0 Å². The van der Waals surface area contributed by atoms with Crippen LogP contribution in [0.5, 0.6) is 0 Å². The van der Waals surface area contributed by atoms with E-state index in [-0.39, 0.29) is 24.0 Å². The van der Waals surface area contributed by atoms with E-state index < -0.39 is 11.7 Å². The minimum Gasteiger partial charge on any atom is -0.396 e. The van der Waals surface area contributed by atoms with Crippen molar-refractivity contribution in [3.05, 3.63) is 35.4 Å². The Kier molecular flexibility index (Phi) is 4.32. The van der Waals surface area contributed by atoms with Crippen LogP contribution in [0.3, 0.4) is 0 Å². The molecule has 1 heterocycles. The molecule has 1 fully saturated rings. The summed E-state index contributed by atoms with van der Waals surface area (Å²) in [6.45, 7) is 1.09. The van der Waals surface area contributed by atoms with Crippen LogP contribution in [0.25, 0.3) is 0 Å². The van der Waals surface area contributed by atoms with Gasteiger partial charge in [-0.25, -0.2) is 0 Å². The zero-order valence-electron chi connectivity index (χ0n) is 10.9. The smallest absolute Gasteiger partial charge is 0.396 e. The van der Waals surface area contributed by atoms with Gasteiger partial charge in [0.25, 0.3) is 5.91 Å². The number of carbonyl (C=O) groups excluding carboxylic acids is 1. The van der Waals surface area contributed by atoms with Crippen LogP contribution in [-0.2, 0) is 6.18 Å². The molecule has 0 aliphatic carbocycles. The molecule has 1 atom stereocenters. The molecule has 0 bridgehead atoms. The van der Waals surface area contributed by atoms with Crippen LogP contribution in [0, 0.1) is 5.92 Å². The largest absolute Gasteiger partial charge is 0.416 e. The SMILES string of the molecule is O=C(c1cccc(C(F)(F)F)c1)N1CCC(CCO)C1. The van der Waals surface area contributed by atoms with Crippen molar-refractivity contribution in [2.75, 3.05) is 19.7 Å². The first-order valence-electron chi connectivity index (χ1n) is 6.49. The highest BCUT2D eigenvalue weighted by Gasteiger charge is 2.32. The van der Waals surface area contributed by atoms with Gasteiger partial charge in [-0.3, -0.25) is 4.79 Å². The topological polar surface area (TPSA) is 40.5 Å². The van der Waals surface area contributed by atoms with Crippen LogP contribution in [0.2, 0.25) is 0 Å². The Hall–Kier alpha value is -1.56. The molecule has 20 heavy (non-hydrogen) atoms. The molecule has 110 valence electrons. The first-order chi connectivity index (χ1) is 9.41. The van der Waals surface area contributed by atoms with Crippen LogP contribution in [0.15, 0.2) is 24.3 Å². The van der Waals surface area contributed by atoms with Crippen molar-refractivity contribution in [1.29, 1.82) is 0 Å². The number of hydrogen-bond acceptors (Lipinski definition) is 2. The van der Waals surface area contributed by atoms with E-state index in [1.807, 2.05) is 0 Å². The molecule has 0 spiro atoms. The van der Waals surface area contributed by atoms with Crippen molar-refractivity contribution in [2.45, 2.75) is 19.0 Å². The summed E-state index contributed by atoms with van der Waals surface area (Å²) in [4.78, 5) is 13.7. The maximum Gasteiger partial charge on any atom is 0.416 e.